The zero-order chi connectivity index (χ0) is 10.4. The monoisotopic (exact) mass is 195 g/mol. The Morgan fingerprint density at radius 1 is 1.29 bits per heavy atom. The first kappa shape index (κ1) is 10.7. The van der Waals surface area contributed by atoms with Crippen LogP contribution in [0.4, 0.5) is 8.78 Å². The normalized spacial score (nSPS) is 10.1. The summed E-state index contributed by atoms with van der Waals surface area (Å²) in [6.45, 7) is 1.09. The van der Waals surface area contributed by atoms with Crippen LogP contribution in [0.1, 0.15) is 17.6 Å². The molecule has 0 bridgehead atoms. The fourth-order valence-electron chi connectivity index (χ4n) is 1.06. The summed E-state index contributed by atoms with van der Waals surface area (Å²) in [5, 5.41) is 2.98. The van der Waals surface area contributed by atoms with E-state index in [2.05, 4.69) is 11.2 Å². The van der Waals surface area contributed by atoms with Crippen LogP contribution in [0.15, 0.2) is 24.3 Å². The molecule has 0 aliphatic carbocycles. The average Bonchev–Trinajstić information content (AvgIpc) is 2.19. The highest BCUT2D eigenvalue weighted by molar-refractivity contribution is 5.23. The SMILES string of the molecule is C#CCNCc1ccc(C(F)F)cc1. The highest BCUT2D eigenvalue weighted by Crippen LogP contribution is 2.18. The number of alkyl halides is 2. The molecule has 74 valence electrons. The summed E-state index contributed by atoms with van der Waals surface area (Å²) in [6, 6.07) is 6.20. The zero-order valence-corrected chi connectivity index (χ0v) is 7.63. The van der Waals surface area contributed by atoms with E-state index < -0.39 is 6.43 Å². The van der Waals surface area contributed by atoms with Crippen LogP contribution in [0.3, 0.4) is 0 Å². The molecule has 0 radical (unpaired) electrons. The Bertz CT molecular complexity index is 311. The van der Waals surface area contributed by atoms with E-state index in [1.807, 2.05) is 0 Å². The number of hydrogen-bond acceptors (Lipinski definition) is 1. The second-order valence-corrected chi connectivity index (χ2v) is 2.85. The van der Waals surface area contributed by atoms with Crippen LogP contribution in [0.2, 0.25) is 0 Å². The van der Waals surface area contributed by atoms with Gasteiger partial charge in [-0.1, -0.05) is 30.2 Å². The van der Waals surface area contributed by atoms with E-state index >= 15 is 0 Å². The third-order valence-corrected chi connectivity index (χ3v) is 1.79. The van der Waals surface area contributed by atoms with E-state index in [1.54, 1.807) is 12.1 Å². The Balaban J connectivity index is 2.52. The quantitative estimate of drug-likeness (QED) is 0.574. The third kappa shape index (κ3) is 3.15. The van der Waals surface area contributed by atoms with Crippen LogP contribution in [0.5, 0.6) is 0 Å². The Hall–Kier alpha value is -1.40. The van der Waals surface area contributed by atoms with Crippen molar-refractivity contribution < 1.29 is 8.78 Å². The molecule has 0 aliphatic heterocycles. The van der Waals surface area contributed by atoms with Gasteiger partial charge in [0.05, 0.1) is 6.54 Å². The second kappa shape index (κ2) is 5.36. The van der Waals surface area contributed by atoms with Crippen LogP contribution < -0.4 is 5.32 Å². The molecule has 0 aromatic heterocycles. The predicted octanol–water partition coefficient (Wildman–Crippen LogP) is 2.35. The van der Waals surface area contributed by atoms with Gasteiger partial charge in [-0.2, -0.15) is 0 Å². The van der Waals surface area contributed by atoms with Gasteiger partial charge >= 0.3 is 0 Å². The molecule has 0 unspecified atom stereocenters. The number of hydrogen-bond donors (Lipinski definition) is 1. The Morgan fingerprint density at radius 2 is 1.93 bits per heavy atom. The average molecular weight is 195 g/mol. The summed E-state index contributed by atoms with van der Waals surface area (Å²) in [6.07, 6.45) is 2.64. The molecule has 1 aromatic carbocycles. The van der Waals surface area contributed by atoms with Crippen molar-refractivity contribution in [2.75, 3.05) is 6.54 Å². The lowest BCUT2D eigenvalue weighted by Crippen LogP contribution is -2.12. The van der Waals surface area contributed by atoms with Crippen molar-refractivity contribution in [3.05, 3.63) is 35.4 Å². The van der Waals surface area contributed by atoms with Gasteiger partial charge in [-0.3, -0.25) is 0 Å². The minimum atomic E-state index is -2.40. The molecule has 1 N–H and O–H groups in total. The summed E-state index contributed by atoms with van der Waals surface area (Å²) >= 11 is 0. The van der Waals surface area contributed by atoms with Gasteiger partial charge in [-0.15, -0.1) is 6.42 Å². The fraction of sp³-hybridized carbons (Fsp3) is 0.273. The van der Waals surface area contributed by atoms with Gasteiger partial charge < -0.3 is 5.32 Å². The molecule has 0 saturated heterocycles. The summed E-state index contributed by atoms with van der Waals surface area (Å²) in [5.74, 6) is 2.44. The first-order chi connectivity index (χ1) is 6.74. The first-order valence-electron chi connectivity index (χ1n) is 4.25. The molecule has 14 heavy (non-hydrogen) atoms. The highest BCUT2D eigenvalue weighted by atomic mass is 19.3. The van der Waals surface area contributed by atoms with E-state index in [9.17, 15) is 8.78 Å². The Morgan fingerprint density at radius 3 is 2.43 bits per heavy atom. The van der Waals surface area contributed by atoms with Crippen LogP contribution >= 0.6 is 0 Å². The second-order valence-electron chi connectivity index (χ2n) is 2.85. The van der Waals surface area contributed by atoms with E-state index in [4.69, 9.17) is 6.42 Å². The first-order valence-corrected chi connectivity index (χ1v) is 4.25. The number of nitrogens with one attached hydrogen (secondary N) is 1. The molecule has 0 spiro atoms. The number of benzene rings is 1. The smallest absolute Gasteiger partial charge is 0.263 e. The van der Waals surface area contributed by atoms with Crippen LogP contribution in [0, 0.1) is 12.3 Å². The van der Waals surface area contributed by atoms with Gasteiger partial charge in [0.15, 0.2) is 0 Å². The minimum absolute atomic E-state index is 0.0469. The Labute approximate surface area is 82.1 Å². The predicted molar refractivity (Wildman–Crippen MR) is 51.9 cm³/mol. The highest BCUT2D eigenvalue weighted by Gasteiger charge is 2.05. The maximum atomic E-state index is 12.2. The molecular weight excluding hydrogens is 184 g/mol. The van der Waals surface area contributed by atoms with E-state index in [-0.39, 0.29) is 5.56 Å². The van der Waals surface area contributed by atoms with Crippen molar-refractivity contribution in [2.24, 2.45) is 0 Å². The topological polar surface area (TPSA) is 12.0 Å². The van der Waals surface area contributed by atoms with Crippen molar-refractivity contribution in [1.82, 2.24) is 5.32 Å². The summed E-state index contributed by atoms with van der Waals surface area (Å²) in [5.41, 5.74) is 0.996. The Kier molecular flexibility index (Phi) is 4.09. The van der Waals surface area contributed by atoms with Gasteiger partial charge in [0.1, 0.15) is 0 Å². The van der Waals surface area contributed by atoms with Crippen LogP contribution in [-0.2, 0) is 6.54 Å². The molecule has 1 nitrogen and oxygen atoms in total. The molecule has 0 aliphatic rings. The molecule has 0 saturated carbocycles. The maximum Gasteiger partial charge on any atom is 0.263 e. The van der Waals surface area contributed by atoms with Crippen molar-refractivity contribution in [1.29, 1.82) is 0 Å². The number of terminal acetylenes is 1. The lowest BCUT2D eigenvalue weighted by atomic mass is 10.1. The molecule has 0 atom stereocenters. The van der Waals surface area contributed by atoms with Crippen molar-refractivity contribution in [2.45, 2.75) is 13.0 Å². The minimum Gasteiger partial charge on any atom is -0.302 e. The van der Waals surface area contributed by atoms with Crippen molar-refractivity contribution in [3.8, 4) is 12.3 Å². The zero-order valence-electron chi connectivity index (χ0n) is 7.63. The molecule has 0 heterocycles. The number of halogens is 2. The lowest BCUT2D eigenvalue weighted by Gasteiger charge is -2.03. The summed E-state index contributed by atoms with van der Waals surface area (Å²) in [4.78, 5) is 0. The molecule has 0 fully saturated rings. The summed E-state index contributed by atoms with van der Waals surface area (Å²) in [7, 11) is 0. The molecule has 1 rings (SSSR count). The molecule has 0 amide bonds. The van der Waals surface area contributed by atoms with Crippen LogP contribution in [-0.4, -0.2) is 6.54 Å². The molecule has 1 aromatic rings. The summed E-state index contributed by atoms with van der Waals surface area (Å²) < 4.78 is 24.3. The maximum absolute atomic E-state index is 12.2. The van der Waals surface area contributed by atoms with Gasteiger partial charge in [-0.05, 0) is 5.56 Å². The number of rotatable bonds is 4. The largest absolute Gasteiger partial charge is 0.302 e. The fourth-order valence-corrected chi connectivity index (χ4v) is 1.06. The van der Waals surface area contributed by atoms with Crippen molar-refractivity contribution >= 4 is 0 Å². The van der Waals surface area contributed by atoms with E-state index in [0.29, 0.717) is 13.1 Å². The van der Waals surface area contributed by atoms with Gasteiger partial charge in [0.2, 0.25) is 0 Å². The van der Waals surface area contributed by atoms with Gasteiger partial charge in [0, 0.05) is 12.1 Å². The van der Waals surface area contributed by atoms with Gasteiger partial charge in [0.25, 0.3) is 6.43 Å². The lowest BCUT2D eigenvalue weighted by molar-refractivity contribution is 0.151. The van der Waals surface area contributed by atoms with Crippen LogP contribution in [0.25, 0.3) is 0 Å². The third-order valence-electron chi connectivity index (χ3n) is 1.79. The van der Waals surface area contributed by atoms with E-state index in [0.717, 1.165) is 5.56 Å². The van der Waals surface area contributed by atoms with Gasteiger partial charge in [-0.25, -0.2) is 8.78 Å². The van der Waals surface area contributed by atoms with Crippen molar-refractivity contribution in [3.63, 3.8) is 0 Å². The molecular formula is C11H11F2N. The standard InChI is InChI=1S/C11H11F2N/c1-2-7-14-8-9-3-5-10(6-4-9)11(12)13/h1,3-6,11,14H,7-8H2. The molecule has 3 heteroatoms. The van der Waals surface area contributed by atoms with E-state index in [1.165, 1.54) is 12.1 Å².